The summed E-state index contributed by atoms with van der Waals surface area (Å²) in [5, 5.41) is 0. The van der Waals surface area contributed by atoms with Crippen molar-refractivity contribution in [3.05, 3.63) is 91.9 Å². The minimum absolute atomic E-state index is 0.285. The lowest BCUT2D eigenvalue weighted by molar-refractivity contribution is 0.0912. The standard InChI is InChI=1S/C22H10Br2N2O4/c23-11-4-6-15-17(8-11)21(29)25(19(15)27)13-2-1-3-14(10-13)26-20(28)16-7-5-12(24)9-18(16)22(26)30/h1-10H. The Hall–Kier alpha value is -3.10. The van der Waals surface area contributed by atoms with Crippen LogP contribution >= 0.6 is 31.9 Å². The van der Waals surface area contributed by atoms with Crippen LogP contribution in [0.1, 0.15) is 41.4 Å². The highest BCUT2D eigenvalue weighted by molar-refractivity contribution is 9.10. The third kappa shape index (κ3) is 2.68. The Balaban J connectivity index is 1.55. The van der Waals surface area contributed by atoms with Crippen LogP contribution in [0.25, 0.3) is 0 Å². The third-order valence-electron chi connectivity index (χ3n) is 5.04. The summed E-state index contributed by atoms with van der Waals surface area (Å²) in [6.07, 6.45) is 0. The maximum Gasteiger partial charge on any atom is 0.266 e. The molecule has 0 fully saturated rings. The second-order valence-electron chi connectivity index (χ2n) is 6.79. The summed E-state index contributed by atoms with van der Waals surface area (Å²) < 4.78 is 1.38. The zero-order chi connectivity index (χ0) is 21.2. The van der Waals surface area contributed by atoms with Crippen molar-refractivity contribution in [2.45, 2.75) is 0 Å². The molecular weight excluding hydrogens is 516 g/mol. The van der Waals surface area contributed by atoms with Crippen LogP contribution < -0.4 is 9.80 Å². The number of hydrogen-bond donors (Lipinski definition) is 0. The molecule has 0 saturated heterocycles. The number of hydrogen-bond acceptors (Lipinski definition) is 4. The topological polar surface area (TPSA) is 74.8 Å². The number of amides is 4. The molecule has 2 heterocycles. The molecule has 30 heavy (non-hydrogen) atoms. The average molecular weight is 526 g/mol. The van der Waals surface area contributed by atoms with E-state index in [9.17, 15) is 19.2 Å². The summed E-state index contributed by atoms with van der Waals surface area (Å²) in [5.74, 6) is -1.82. The van der Waals surface area contributed by atoms with E-state index < -0.39 is 23.6 Å². The van der Waals surface area contributed by atoms with E-state index in [0.717, 1.165) is 9.80 Å². The molecule has 0 N–H and O–H groups in total. The molecule has 0 radical (unpaired) electrons. The van der Waals surface area contributed by atoms with Crippen molar-refractivity contribution < 1.29 is 19.2 Å². The zero-order valence-corrected chi connectivity index (χ0v) is 18.2. The lowest BCUT2D eigenvalue weighted by Gasteiger charge is -2.18. The fraction of sp³-hybridized carbons (Fsp3) is 0. The Morgan fingerprint density at radius 3 is 1.33 bits per heavy atom. The lowest BCUT2D eigenvalue weighted by Crippen LogP contribution is -2.31. The highest BCUT2D eigenvalue weighted by Gasteiger charge is 2.39. The molecule has 8 heteroatoms. The van der Waals surface area contributed by atoms with Crippen molar-refractivity contribution in [2.75, 3.05) is 9.80 Å². The molecule has 5 rings (SSSR count). The highest BCUT2D eigenvalue weighted by atomic mass is 79.9. The van der Waals surface area contributed by atoms with Gasteiger partial charge in [0.15, 0.2) is 0 Å². The first kappa shape index (κ1) is 18.9. The second-order valence-corrected chi connectivity index (χ2v) is 8.62. The largest absolute Gasteiger partial charge is 0.268 e. The van der Waals surface area contributed by atoms with Crippen LogP contribution in [0.4, 0.5) is 11.4 Å². The summed E-state index contributed by atoms with van der Waals surface area (Å²) in [6.45, 7) is 0. The number of carbonyl (C=O) groups excluding carboxylic acids is 4. The molecule has 3 aromatic rings. The van der Waals surface area contributed by atoms with Gasteiger partial charge >= 0.3 is 0 Å². The van der Waals surface area contributed by atoms with Crippen LogP contribution in [-0.4, -0.2) is 23.6 Å². The van der Waals surface area contributed by atoms with Crippen LogP contribution in [0.2, 0.25) is 0 Å². The minimum Gasteiger partial charge on any atom is -0.268 e. The molecule has 2 aliphatic rings. The quantitative estimate of drug-likeness (QED) is 0.450. The Kier molecular flexibility index (Phi) is 4.23. The van der Waals surface area contributed by atoms with Gasteiger partial charge in [0.05, 0.1) is 33.6 Å². The van der Waals surface area contributed by atoms with Gasteiger partial charge in [-0.25, -0.2) is 9.80 Å². The van der Waals surface area contributed by atoms with E-state index in [2.05, 4.69) is 31.9 Å². The average Bonchev–Trinajstić information content (AvgIpc) is 3.12. The molecule has 4 amide bonds. The normalized spacial score (nSPS) is 15.1. The van der Waals surface area contributed by atoms with Gasteiger partial charge in [0.2, 0.25) is 0 Å². The van der Waals surface area contributed by atoms with Crippen LogP contribution in [0.5, 0.6) is 0 Å². The van der Waals surface area contributed by atoms with Gasteiger partial charge in [-0.15, -0.1) is 0 Å². The van der Waals surface area contributed by atoms with Crippen molar-refractivity contribution in [3.63, 3.8) is 0 Å². The Morgan fingerprint density at radius 2 is 0.900 bits per heavy atom. The first-order chi connectivity index (χ1) is 14.4. The molecule has 0 spiro atoms. The molecule has 0 saturated carbocycles. The van der Waals surface area contributed by atoms with E-state index >= 15 is 0 Å². The van der Waals surface area contributed by atoms with E-state index in [1.54, 1.807) is 54.6 Å². The number of imide groups is 2. The predicted octanol–water partition coefficient (Wildman–Crippen LogP) is 4.81. The summed E-state index contributed by atoms with van der Waals surface area (Å²) in [5.41, 5.74) is 1.77. The van der Waals surface area contributed by atoms with Gasteiger partial charge in [-0.3, -0.25) is 19.2 Å². The van der Waals surface area contributed by atoms with Crippen LogP contribution in [0, 0.1) is 0 Å². The fourth-order valence-corrected chi connectivity index (χ4v) is 4.39. The SMILES string of the molecule is O=C1c2ccc(Br)cc2C(=O)N1c1cccc(N2C(=O)c3ccc(Br)cc3C2=O)c1. The van der Waals surface area contributed by atoms with Crippen LogP contribution in [0.15, 0.2) is 69.6 Å². The maximum absolute atomic E-state index is 12.9. The van der Waals surface area contributed by atoms with Gasteiger partial charge in [-0.1, -0.05) is 37.9 Å². The highest BCUT2D eigenvalue weighted by Crippen LogP contribution is 2.35. The zero-order valence-electron chi connectivity index (χ0n) is 15.1. The van der Waals surface area contributed by atoms with Gasteiger partial charge < -0.3 is 0 Å². The molecule has 6 nitrogen and oxygen atoms in total. The van der Waals surface area contributed by atoms with Crippen molar-refractivity contribution in [1.82, 2.24) is 0 Å². The molecule has 146 valence electrons. The van der Waals surface area contributed by atoms with E-state index in [1.165, 1.54) is 6.07 Å². The summed E-state index contributed by atoms with van der Waals surface area (Å²) in [6, 6.07) is 16.0. The number of benzene rings is 3. The Bertz CT molecular complexity index is 1220. The van der Waals surface area contributed by atoms with E-state index in [-0.39, 0.29) is 11.4 Å². The Labute approximate surface area is 187 Å². The summed E-state index contributed by atoms with van der Waals surface area (Å²) in [7, 11) is 0. The summed E-state index contributed by atoms with van der Waals surface area (Å²) >= 11 is 6.62. The number of fused-ring (bicyclic) bond motifs is 2. The van der Waals surface area contributed by atoms with Crippen LogP contribution in [0.3, 0.4) is 0 Å². The predicted molar refractivity (Wildman–Crippen MR) is 117 cm³/mol. The van der Waals surface area contributed by atoms with Gasteiger partial charge in [0.1, 0.15) is 0 Å². The second kappa shape index (κ2) is 6.72. The first-order valence-electron chi connectivity index (χ1n) is 8.83. The van der Waals surface area contributed by atoms with E-state index in [1.807, 2.05) is 0 Å². The van der Waals surface area contributed by atoms with Gasteiger partial charge in [0.25, 0.3) is 23.6 Å². The van der Waals surface area contributed by atoms with E-state index in [0.29, 0.717) is 31.2 Å². The molecule has 0 atom stereocenters. The van der Waals surface area contributed by atoms with Crippen LogP contribution in [-0.2, 0) is 0 Å². The molecule has 0 aliphatic carbocycles. The van der Waals surface area contributed by atoms with Crippen molar-refractivity contribution in [1.29, 1.82) is 0 Å². The molecule has 0 aromatic heterocycles. The number of anilines is 2. The van der Waals surface area contributed by atoms with Gasteiger partial charge in [-0.2, -0.15) is 0 Å². The monoisotopic (exact) mass is 524 g/mol. The molecule has 3 aromatic carbocycles. The number of halogens is 2. The molecule has 0 bridgehead atoms. The maximum atomic E-state index is 12.9. The molecule has 0 unspecified atom stereocenters. The van der Waals surface area contributed by atoms with E-state index in [4.69, 9.17) is 0 Å². The van der Waals surface area contributed by atoms with Crippen molar-refractivity contribution >= 4 is 66.9 Å². The van der Waals surface area contributed by atoms with Gasteiger partial charge in [0, 0.05) is 8.95 Å². The number of carbonyl (C=O) groups is 4. The molecule has 2 aliphatic heterocycles. The van der Waals surface area contributed by atoms with Crippen molar-refractivity contribution in [3.8, 4) is 0 Å². The van der Waals surface area contributed by atoms with Crippen molar-refractivity contribution in [2.24, 2.45) is 0 Å². The number of nitrogens with zero attached hydrogens (tertiary/aromatic N) is 2. The third-order valence-corrected chi connectivity index (χ3v) is 6.03. The smallest absolute Gasteiger partial charge is 0.266 e. The lowest BCUT2D eigenvalue weighted by atomic mass is 10.1. The first-order valence-corrected chi connectivity index (χ1v) is 10.4. The fourth-order valence-electron chi connectivity index (χ4n) is 3.67. The number of rotatable bonds is 2. The van der Waals surface area contributed by atoms with Gasteiger partial charge in [-0.05, 0) is 54.6 Å². The molecular formula is C22H10Br2N2O4. The Morgan fingerprint density at radius 1 is 0.500 bits per heavy atom. The summed E-state index contributed by atoms with van der Waals surface area (Å²) in [4.78, 5) is 53.5. The minimum atomic E-state index is -0.459.